The zero-order chi connectivity index (χ0) is 14.0. The Kier molecular flexibility index (Phi) is 3.52. The molecule has 8 heteroatoms. The number of ether oxygens (including phenoxy) is 2. The lowest BCUT2D eigenvalue weighted by molar-refractivity contribution is -0.135. The van der Waals surface area contributed by atoms with Crippen molar-refractivity contribution in [1.29, 1.82) is 0 Å². The van der Waals surface area contributed by atoms with E-state index >= 15 is 0 Å². The van der Waals surface area contributed by atoms with Crippen LogP contribution in [0.25, 0.3) is 0 Å². The van der Waals surface area contributed by atoms with Gasteiger partial charge in [0.25, 0.3) is 0 Å². The van der Waals surface area contributed by atoms with Gasteiger partial charge in [0, 0.05) is 6.07 Å². The first-order valence-corrected chi connectivity index (χ1v) is 7.17. The fraction of sp³-hybridized carbons (Fsp3) is 0.364. The van der Waals surface area contributed by atoms with E-state index in [1.165, 1.54) is 19.1 Å². The highest BCUT2D eigenvalue weighted by Crippen LogP contribution is 2.36. The molecule has 0 saturated heterocycles. The van der Waals surface area contributed by atoms with E-state index in [0.717, 1.165) is 4.31 Å². The first kappa shape index (κ1) is 13.5. The first-order valence-electron chi connectivity index (χ1n) is 5.56. The molecule has 0 saturated carbocycles. The minimum absolute atomic E-state index is 0.0677. The van der Waals surface area contributed by atoms with Crippen molar-refractivity contribution >= 4 is 21.7 Å². The maximum absolute atomic E-state index is 11.9. The van der Waals surface area contributed by atoms with Crippen LogP contribution in [-0.2, 0) is 14.8 Å². The highest BCUT2D eigenvalue weighted by Gasteiger charge is 2.25. The number of hydrogen-bond donors (Lipinski definition) is 1. The van der Waals surface area contributed by atoms with Crippen molar-refractivity contribution in [3.63, 3.8) is 0 Å². The maximum Gasteiger partial charge on any atom is 0.324 e. The van der Waals surface area contributed by atoms with Gasteiger partial charge in [-0.3, -0.25) is 9.10 Å². The van der Waals surface area contributed by atoms with Crippen molar-refractivity contribution < 1.29 is 27.8 Å². The second-order valence-corrected chi connectivity index (χ2v) is 6.02. The third-order valence-corrected chi connectivity index (χ3v) is 4.36. The maximum atomic E-state index is 11.9. The Hall–Kier alpha value is -1.96. The molecule has 7 nitrogen and oxygen atoms in total. The number of carbonyl (C=O) groups is 1. The average Bonchev–Trinajstić information content (AvgIpc) is 2.82. The van der Waals surface area contributed by atoms with Crippen LogP contribution in [0, 0.1) is 0 Å². The zero-order valence-electron chi connectivity index (χ0n) is 10.2. The molecule has 0 amide bonds. The largest absolute Gasteiger partial charge is 0.480 e. The lowest BCUT2D eigenvalue weighted by atomic mass is 10.3. The highest BCUT2D eigenvalue weighted by molar-refractivity contribution is 7.92. The predicted octanol–water partition coefficient (Wildman–Crippen LogP) is 0.656. The van der Waals surface area contributed by atoms with Gasteiger partial charge in [-0.2, -0.15) is 0 Å². The Morgan fingerprint density at radius 3 is 2.68 bits per heavy atom. The fourth-order valence-electron chi connectivity index (χ4n) is 1.67. The van der Waals surface area contributed by atoms with Crippen molar-refractivity contribution in [2.24, 2.45) is 0 Å². The summed E-state index contributed by atoms with van der Waals surface area (Å²) in [6, 6.07) is 4.50. The molecule has 1 aromatic rings. The summed E-state index contributed by atoms with van der Waals surface area (Å²) in [7, 11) is -3.67. The molecule has 0 fully saturated rings. The molecule has 0 aromatic heterocycles. The third-order valence-electron chi connectivity index (χ3n) is 2.62. The van der Waals surface area contributed by atoms with E-state index in [0.29, 0.717) is 11.5 Å². The number of benzene rings is 1. The van der Waals surface area contributed by atoms with Gasteiger partial charge in [0.2, 0.25) is 16.8 Å². The van der Waals surface area contributed by atoms with Gasteiger partial charge >= 0.3 is 5.97 Å². The van der Waals surface area contributed by atoms with E-state index < -0.39 is 22.5 Å². The van der Waals surface area contributed by atoms with E-state index in [9.17, 15) is 13.2 Å². The summed E-state index contributed by atoms with van der Waals surface area (Å²) in [5, 5.41) is 8.84. The molecule has 1 aromatic carbocycles. The van der Waals surface area contributed by atoms with Crippen LogP contribution >= 0.6 is 0 Å². The summed E-state index contributed by atoms with van der Waals surface area (Å²) >= 11 is 0. The SMILES string of the molecule is CCS(=O)(=O)N(CC(=O)O)c1ccc2c(c1)OCO2. The molecule has 1 N–H and O–H groups in total. The van der Waals surface area contributed by atoms with Crippen LogP contribution in [0.2, 0.25) is 0 Å². The standard InChI is InChI=1S/C11H13NO6S/c1-2-19(15,16)12(6-11(13)14)8-3-4-9-10(5-8)18-7-17-9/h3-5H,2,6-7H2,1H3,(H,13,14). The number of aliphatic carboxylic acids is 1. The number of rotatable bonds is 5. The molecular formula is C11H13NO6S. The van der Waals surface area contributed by atoms with Crippen LogP contribution in [-0.4, -0.2) is 38.6 Å². The molecule has 0 spiro atoms. The van der Waals surface area contributed by atoms with Gasteiger partial charge < -0.3 is 14.6 Å². The summed E-state index contributed by atoms with van der Waals surface area (Å²) in [5.41, 5.74) is 0.244. The van der Waals surface area contributed by atoms with Crippen molar-refractivity contribution in [3.8, 4) is 11.5 Å². The van der Waals surface area contributed by atoms with Crippen LogP contribution in [0.5, 0.6) is 11.5 Å². The number of anilines is 1. The Morgan fingerprint density at radius 2 is 2.05 bits per heavy atom. The molecule has 1 heterocycles. The van der Waals surface area contributed by atoms with Crippen molar-refractivity contribution in [2.75, 3.05) is 23.4 Å². The van der Waals surface area contributed by atoms with Crippen LogP contribution in [0.3, 0.4) is 0 Å². The smallest absolute Gasteiger partial charge is 0.324 e. The van der Waals surface area contributed by atoms with Gasteiger partial charge in [-0.25, -0.2) is 8.42 Å². The molecule has 19 heavy (non-hydrogen) atoms. The number of carboxylic acid groups (broad SMARTS) is 1. The second kappa shape index (κ2) is 4.96. The van der Waals surface area contributed by atoms with Crippen LogP contribution in [0.15, 0.2) is 18.2 Å². The number of hydrogen-bond acceptors (Lipinski definition) is 5. The number of nitrogens with zero attached hydrogens (tertiary/aromatic N) is 1. The molecule has 0 bridgehead atoms. The minimum Gasteiger partial charge on any atom is -0.480 e. The van der Waals surface area contributed by atoms with Gasteiger partial charge in [-0.1, -0.05) is 0 Å². The summed E-state index contributed by atoms with van der Waals surface area (Å²) in [4.78, 5) is 10.8. The number of sulfonamides is 1. The van der Waals surface area contributed by atoms with Gasteiger partial charge in [0.15, 0.2) is 11.5 Å². The Balaban J connectivity index is 2.41. The van der Waals surface area contributed by atoms with E-state index in [2.05, 4.69) is 0 Å². The normalized spacial score (nSPS) is 13.3. The monoisotopic (exact) mass is 287 g/mol. The predicted molar refractivity (Wildman–Crippen MR) is 67.0 cm³/mol. The van der Waals surface area contributed by atoms with E-state index in [1.807, 2.05) is 0 Å². The molecule has 0 unspecified atom stereocenters. The molecular weight excluding hydrogens is 274 g/mol. The van der Waals surface area contributed by atoms with Gasteiger partial charge in [-0.05, 0) is 19.1 Å². The molecule has 104 valence electrons. The van der Waals surface area contributed by atoms with Gasteiger partial charge in [0.1, 0.15) is 6.54 Å². The Labute approximate surface area is 110 Å². The van der Waals surface area contributed by atoms with Crippen LogP contribution < -0.4 is 13.8 Å². The molecule has 2 rings (SSSR count). The molecule has 1 aliphatic heterocycles. The van der Waals surface area contributed by atoms with Gasteiger partial charge in [0.05, 0.1) is 11.4 Å². The van der Waals surface area contributed by atoms with E-state index in [-0.39, 0.29) is 18.2 Å². The zero-order valence-corrected chi connectivity index (χ0v) is 11.0. The molecule has 0 aliphatic carbocycles. The number of fused-ring (bicyclic) bond motifs is 1. The van der Waals surface area contributed by atoms with Crippen molar-refractivity contribution in [2.45, 2.75) is 6.92 Å². The molecule has 0 atom stereocenters. The van der Waals surface area contributed by atoms with Gasteiger partial charge in [-0.15, -0.1) is 0 Å². The summed E-state index contributed by atoms with van der Waals surface area (Å²) in [6.07, 6.45) is 0. The molecule has 0 radical (unpaired) electrons. The van der Waals surface area contributed by atoms with Crippen molar-refractivity contribution in [1.82, 2.24) is 0 Å². The summed E-state index contributed by atoms with van der Waals surface area (Å²) < 4.78 is 35.0. The Bertz CT molecular complexity index is 597. The van der Waals surface area contributed by atoms with Crippen molar-refractivity contribution in [3.05, 3.63) is 18.2 Å². The minimum atomic E-state index is -3.67. The highest BCUT2D eigenvalue weighted by atomic mass is 32.2. The lowest BCUT2D eigenvalue weighted by Crippen LogP contribution is -2.36. The van der Waals surface area contributed by atoms with E-state index in [4.69, 9.17) is 14.6 Å². The number of carboxylic acids is 1. The lowest BCUT2D eigenvalue weighted by Gasteiger charge is -2.21. The topological polar surface area (TPSA) is 93.1 Å². The van der Waals surface area contributed by atoms with Crippen LogP contribution in [0.1, 0.15) is 6.92 Å². The first-order chi connectivity index (χ1) is 8.94. The average molecular weight is 287 g/mol. The molecule has 1 aliphatic rings. The Morgan fingerprint density at radius 1 is 1.37 bits per heavy atom. The second-order valence-electron chi connectivity index (χ2n) is 3.84. The quantitative estimate of drug-likeness (QED) is 0.855. The summed E-state index contributed by atoms with van der Waals surface area (Å²) in [5.74, 6) is -0.504. The van der Waals surface area contributed by atoms with Crippen LogP contribution in [0.4, 0.5) is 5.69 Å². The van der Waals surface area contributed by atoms with E-state index in [1.54, 1.807) is 6.07 Å². The fourth-order valence-corrected chi connectivity index (χ4v) is 2.72. The summed E-state index contributed by atoms with van der Waals surface area (Å²) in [6.45, 7) is 0.894. The third kappa shape index (κ3) is 2.73.